The van der Waals surface area contributed by atoms with E-state index < -0.39 is 0 Å². The molecule has 0 aromatic carbocycles. The van der Waals surface area contributed by atoms with Crippen LogP contribution in [0.15, 0.2) is 29.0 Å². The van der Waals surface area contributed by atoms with Gasteiger partial charge >= 0.3 is 0 Å². The van der Waals surface area contributed by atoms with Gasteiger partial charge in [-0.1, -0.05) is 13.8 Å². The Balaban J connectivity index is 2.38. The molecule has 19 heavy (non-hydrogen) atoms. The summed E-state index contributed by atoms with van der Waals surface area (Å²) in [5.41, 5.74) is 1.95. The molecule has 0 spiro atoms. The molecular weight excluding hydrogens is 304 g/mol. The van der Waals surface area contributed by atoms with Gasteiger partial charge in [-0.25, -0.2) is 9.97 Å². The highest BCUT2D eigenvalue weighted by Crippen LogP contribution is 2.20. The van der Waals surface area contributed by atoms with Gasteiger partial charge in [0.15, 0.2) is 5.82 Å². The van der Waals surface area contributed by atoms with E-state index in [2.05, 4.69) is 50.0 Å². The van der Waals surface area contributed by atoms with Gasteiger partial charge in [-0.15, -0.1) is 0 Å². The number of nitrogens with one attached hydrogen (secondary N) is 1. The van der Waals surface area contributed by atoms with Gasteiger partial charge in [0.25, 0.3) is 0 Å². The molecule has 0 saturated carbocycles. The van der Waals surface area contributed by atoms with Crippen LogP contribution in [0, 0.1) is 0 Å². The molecule has 0 fully saturated rings. The average molecular weight is 321 g/mol. The summed E-state index contributed by atoms with van der Waals surface area (Å²) in [5, 5.41) is 3.31. The van der Waals surface area contributed by atoms with Crippen LogP contribution in [0.25, 0.3) is 11.4 Å². The second kappa shape index (κ2) is 6.61. The molecule has 0 aliphatic rings. The number of rotatable bonds is 5. The largest absolute Gasteiger partial charge is 0.370 e. The van der Waals surface area contributed by atoms with Crippen molar-refractivity contribution in [2.75, 3.05) is 11.9 Å². The fourth-order valence-corrected chi connectivity index (χ4v) is 2.05. The Morgan fingerprint density at radius 1 is 1.16 bits per heavy atom. The van der Waals surface area contributed by atoms with Crippen molar-refractivity contribution in [3.05, 3.63) is 34.7 Å². The summed E-state index contributed by atoms with van der Waals surface area (Å²) in [6.07, 6.45) is 5.49. The van der Waals surface area contributed by atoms with Gasteiger partial charge in [-0.3, -0.25) is 4.98 Å². The molecule has 0 amide bonds. The molecule has 4 nitrogen and oxygen atoms in total. The third-order valence-corrected chi connectivity index (χ3v) is 3.09. The zero-order valence-electron chi connectivity index (χ0n) is 11.2. The van der Waals surface area contributed by atoms with Gasteiger partial charge in [-0.05, 0) is 34.8 Å². The maximum absolute atomic E-state index is 4.56. The van der Waals surface area contributed by atoms with Crippen LogP contribution in [-0.2, 0) is 6.42 Å². The van der Waals surface area contributed by atoms with Crippen molar-refractivity contribution in [3.8, 4) is 11.4 Å². The number of aryl methyl sites for hydroxylation is 1. The number of aromatic nitrogens is 3. The summed E-state index contributed by atoms with van der Waals surface area (Å²) in [6.45, 7) is 5.14. The summed E-state index contributed by atoms with van der Waals surface area (Å²) >= 11 is 3.42. The Kier molecular flexibility index (Phi) is 4.85. The van der Waals surface area contributed by atoms with E-state index in [1.54, 1.807) is 12.4 Å². The van der Waals surface area contributed by atoms with Gasteiger partial charge in [0.2, 0.25) is 0 Å². The Morgan fingerprint density at radius 3 is 2.68 bits per heavy atom. The lowest BCUT2D eigenvalue weighted by Crippen LogP contribution is -2.05. The Bertz CT molecular complexity index is 557. The van der Waals surface area contributed by atoms with Crippen molar-refractivity contribution in [1.29, 1.82) is 0 Å². The minimum Gasteiger partial charge on any atom is -0.370 e. The Hall–Kier alpha value is -1.49. The fourth-order valence-electron chi connectivity index (χ4n) is 1.69. The predicted octanol–water partition coefficient (Wildman–Crippen LogP) is 3.69. The van der Waals surface area contributed by atoms with Crippen molar-refractivity contribution in [2.45, 2.75) is 26.7 Å². The lowest BCUT2D eigenvalue weighted by molar-refractivity contribution is 0.951. The lowest BCUT2D eigenvalue weighted by atomic mass is 10.2. The first kappa shape index (κ1) is 13.9. The van der Waals surface area contributed by atoms with Crippen molar-refractivity contribution < 1.29 is 0 Å². The Labute approximate surface area is 121 Å². The third-order valence-electron chi connectivity index (χ3n) is 2.66. The summed E-state index contributed by atoms with van der Waals surface area (Å²) in [5.74, 6) is 1.59. The zero-order chi connectivity index (χ0) is 13.7. The van der Waals surface area contributed by atoms with E-state index in [0.29, 0.717) is 5.82 Å². The van der Waals surface area contributed by atoms with E-state index in [-0.39, 0.29) is 0 Å². The molecule has 0 bridgehead atoms. The summed E-state index contributed by atoms with van der Waals surface area (Å²) in [6, 6.07) is 3.98. The van der Waals surface area contributed by atoms with Crippen molar-refractivity contribution in [2.24, 2.45) is 0 Å². The van der Waals surface area contributed by atoms with Crippen molar-refractivity contribution in [3.63, 3.8) is 0 Å². The van der Waals surface area contributed by atoms with Crippen molar-refractivity contribution >= 4 is 21.7 Å². The zero-order valence-corrected chi connectivity index (χ0v) is 12.7. The highest BCUT2D eigenvalue weighted by atomic mass is 79.9. The molecule has 2 aromatic heterocycles. The van der Waals surface area contributed by atoms with E-state index in [4.69, 9.17) is 0 Å². The van der Waals surface area contributed by atoms with Crippen LogP contribution < -0.4 is 5.32 Å². The van der Waals surface area contributed by atoms with Crippen LogP contribution in [0.2, 0.25) is 0 Å². The van der Waals surface area contributed by atoms with E-state index in [1.165, 1.54) is 0 Å². The van der Waals surface area contributed by atoms with E-state index in [0.717, 1.165) is 40.9 Å². The highest BCUT2D eigenvalue weighted by Gasteiger charge is 2.07. The van der Waals surface area contributed by atoms with Gasteiger partial charge in [0, 0.05) is 40.7 Å². The molecule has 2 aromatic rings. The molecule has 1 N–H and O–H groups in total. The number of hydrogen-bond donors (Lipinski definition) is 1. The predicted molar refractivity (Wildman–Crippen MR) is 81.1 cm³/mol. The van der Waals surface area contributed by atoms with Crippen LogP contribution in [0.1, 0.15) is 26.0 Å². The average Bonchev–Trinajstić information content (AvgIpc) is 2.44. The minimum atomic E-state index is 0.715. The van der Waals surface area contributed by atoms with Crippen LogP contribution >= 0.6 is 15.9 Å². The number of pyridine rings is 1. The molecule has 2 rings (SSSR count). The first-order valence-electron chi connectivity index (χ1n) is 6.45. The molecule has 0 atom stereocenters. The standard InChI is InChI=1S/C14H17BrN4/c1-3-5-17-13-7-12(4-2)18-14(19-13)10-6-11(15)9-16-8-10/h6-9H,3-5H2,1-2H3,(H,17,18,19). The first-order chi connectivity index (χ1) is 9.22. The number of halogens is 1. The summed E-state index contributed by atoms with van der Waals surface area (Å²) in [7, 11) is 0. The molecule has 100 valence electrons. The third kappa shape index (κ3) is 3.73. The minimum absolute atomic E-state index is 0.715. The molecule has 2 heterocycles. The van der Waals surface area contributed by atoms with Crippen molar-refractivity contribution in [1.82, 2.24) is 15.0 Å². The van der Waals surface area contributed by atoms with Gasteiger partial charge in [-0.2, -0.15) is 0 Å². The topological polar surface area (TPSA) is 50.7 Å². The molecule has 0 radical (unpaired) electrons. The quantitative estimate of drug-likeness (QED) is 0.912. The van der Waals surface area contributed by atoms with Gasteiger partial charge in [0.05, 0.1) is 0 Å². The monoisotopic (exact) mass is 320 g/mol. The molecule has 0 unspecified atom stereocenters. The van der Waals surface area contributed by atoms with Gasteiger partial charge in [0.1, 0.15) is 5.82 Å². The molecular formula is C14H17BrN4. The summed E-state index contributed by atoms with van der Waals surface area (Å²) < 4.78 is 0.929. The van der Waals surface area contributed by atoms with Crippen LogP contribution in [-0.4, -0.2) is 21.5 Å². The number of anilines is 1. The number of hydrogen-bond acceptors (Lipinski definition) is 4. The van der Waals surface area contributed by atoms with E-state index >= 15 is 0 Å². The van der Waals surface area contributed by atoms with E-state index in [9.17, 15) is 0 Å². The van der Waals surface area contributed by atoms with Crippen LogP contribution in [0.3, 0.4) is 0 Å². The van der Waals surface area contributed by atoms with Gasteiger partial charge < -0.3 is 5.32 Å². The normalized spacial score (nSPS) is 10.5. The summed E-state index contributed by atoms with van der Waals surface area (Å²) in [4.78, 5) is 13.3. The molecule has 5 heteroatoms. The maximum Gasteiger partial charge on any atom is 0.163 e. The molecule has 0 aliphatic carbocycles. The smallest absolute Gasteiger partial charge is 0.163 e. The first-order valence-corrected chi connectivity index (χ1v) is 7.25. The maximum atomic E-state index is 4.56. The molecule has 0 saturated heterocycles. The van der Waals surface area contributed by atoms with E-state index in [1.807, 2.05) is 12.1 Å². The highest BCUT2D eigenvalue weighted by molar-refractivity contribution is 9.10. The fraction of sp³-hybridized carbons (Fsp3) is 0.357. The second-order valence-corrected chi connectivity index (χ2v) is 5.16. The molecule has 0 aliphatic heterocycles. The Morgan fingerprint density at radius 2 is 2.00 bits per heavy atom. The number of nitrogens with zero attached hydrogens (tertiary/aromatic N) is 3. The lowest BCUT2D eigenvalue weighted by Gasteiger charge is -2.08. The van der Waals surface area contributed by atoms with Crippen LogP contribution in [0.4, 0.5) is 5.82 Å². The SMILES string of the molecule is CCCNc1cc(CC)nc(-c2cncc(Br)c2)n1. The van der Waals surface area contributed by atoms with Crippen LogP contribution in [0.5, 0.6) is 0 Å². The second-order valence-electron chi connectivity index (χ2n) is 4.24.